The number of methoxy groups -OCH3 is 1. The lowest BCUT2D eigenvalue weighted by Crippen LogP contribution is -1.96. The van der Waals surface area contributed by atoms with Gasteiger partial charge in [-0.2, -0.15) is 0 Å². The Balaban J connectivity index is 2.20. The van der Waals surface area contributed by atoms with E-state index in [1.807, 2.05) is 18.2 Å². The van der Waals surface area contributed by atoms with Crippen LogP contribution < -0.4 is 0 Å². The number of rotatable bonds is 2. The zero-order valence-corrected chi connectivity index (χ0v) is 11.8. The quantitative estimate of drug-likeness (QED) is 0.645. The first-order valence-corrected chi connectivity index (χ1v) is 6.98. The van der Waals surface area contributed by atoms with E-state index in [0.29, 0.717) is 10.4 Å². The third kappa shape index (κ3) is 2.40. The van der Waals surface area contributed by atoms with Gasteiger partial charge in [-0.3, -0.25) is 0 Å². The Bertz CT molecular complexity index is 839. The number of ether oxygens (including phenoxy) is 1. The number of carbonyl (C=O) groups excluding carboxylic acids is 1. The van der Waals surface area contributed by atoms with Crippen LogP contribution in [0.25, 0.3) is 21.2 Å². The van der Waals surface area contributed by atoms with E-state index >= 15 is 0 Å². The van der Waals surface area contributed by atoms with E-state index in [9.17, 15) is 13.6 Å². The van der Waals surface area contributed by atoms with E-state index in [0.717, 1.165) is 27.8 Å². The van der Waals surface area contributed by atoms with Gasteiger partial charge in [0.25, 0.3) is 0 Å². The number of hydrogen-bond acceptors (Lipinski definition) is 3. The smallest absolute Gasteiger partial charge is 0.348 e. The van der Waals surface area contributed by atoms with Crippen molar-refractivity contribution in [3.63, 3.8) is 0 Å². The summed E-state index contributed by atoms with van der Waals surface area (Å²) in [7, 11) is 1.32. The number of benzene rings is 2. The molecule has 0 amide bonds. The van der Waals surface area contributed by atoms with Crippen LogP contribution in [0.2, 0.25) is 0 Å². The predicted octanol–water partition coefficient (Wildman–Crippen LogP) is 4.63. The molecule has 0 aliphatic heterocycles. The van der Waals surface area contributed by atoms with Crippen LogP contribution in [0.1, 0.15) is 9.67 Å². The molecular weight excluding hydrogens is 294 g/mol. The highest BCUT2D eigenvalue weighted by Gasteiger charge is 2.14. The lowest BCUT2D eigenvalue weighted by Gasteiger charge is -2.04. The molecule has 1 aromatic heterocycles. The molecule has 1 heterocycles. The Morgan fingerprint density at radius 2 is 1.90 bits per heavy atom. The van der Waals surface area contributed by atoms with Gasteiger partial charge < -0.3 is 4.74 Å². The number of carbonyl (C=O) groups is 1. The van der Waals surface area contributed by atoms with E-state index in [-0.39, 0.29) is 0 Å². The first kappa shape index (κ1) is 13.7. The molecule has 2 nitrogen and oxygen atoms in total. The largest absolute Gasteiger partial charge is 0.465 e. The first-order chi connectivity index (χ1) is 10.1. The van der Waals surface area contributed by atoms with Crippen molar-refractivity contribution in [2.24, 2.45) is 0 Å². The van der Waals surface area contributed by atoms with Gasteiger partial charge in [-0.1, -0.05) is 18.2 Å². The van der Waals surface area contributed by atoms with Gasteiger partial charge in [0, 0.05) is 10.1 Å². The lowest BCUT2D eigenvalue weighted by molar-refractivity contribution is 0.0606. The van der Waals surface area contributed by atoms with Crippen LogP contribution in [0.5, 0.6) is 0 Å². The van der Waals surface area contributed by atoms with Gasteiger partial charge in [-0.05, 0) is 35.4 Å². The van der Waals surface area contributed by atoms with Gasteiger partial charge in [0.2, 0.25) is 0 Å². The normalized spacial score (nSPS) is 10.8. The van der Waals surface area contributed by atoms with Crippen molar-refractivity contribution in [2.45, 2.75) is 0 Å². The van der Waals surface area contributed by atoms with Gasteiger partial charge in [-0.25, -0.2) is 13.6 Å². The average molecular weight is 304 g/mol. The van der Waals surface area contributed by atoms with Crippen LogP contribution >= 0.6 is 11.3 Å². The van der Waals surface area contributed by atoms with Crippen molar-refractivity contribution in [1.82, 2.24) is 0 Å². The topological polar surface area (TPSA) is 26.3 Å². The minimum absolute atomic E-state index is 0.410. The standard InChI is InChI=1S/C16H10F2O2S/c1-20-16(19)15-8-11-10(3-2-4-14(11)21-15)9-5-6-12(17)13(18)7-9/h2-8H,1H3. The zero-order chi connectivity index (χ0) is 15.0. The van der Waals surface area contributed by atoms with Crippen molar-refractivity contribution < 1.29 is 18.3 Å². The van der Waals surface area contributed by atoms with Crippen LogP contribution in [0.15, 0.2) is 42.5 Å². The Labute approximate surface area is 123 Å². The van der Waals surface area contributed by atoms with Gasteiger partial charge in [0.1, 0.15) is 4.88 Å². The fourth-order valence-electron chi connectivity index (χ4n) is 2.18. The molecule has 3 rings (SSSR count). The van der Waals surface area contributed by atoms with Crippen LogP contribution in [-0.4, -0.2) is 13.1 Å². The second-order valence-electron chi connectivity index (χ2n) is 4.45. The number of halogens is 2. The van der Waals surface area contributed by atoms with Gasteiger partial charge >= 0.3 is 5.97 Å². The van der Waals surface area contributed by atoms with Gasteiger partial charge in [0.15, 0.2) is 11.6 Å². The molecular formula is C16H10F2O2S. The molecule has 106 valence electrons. The molecule has 0 saturated carbocycles. The summed E-state index contributed by atoms with van der Waals surface area (Å²) in [6, 6.07) is 11.0. The molecule has 0 saturated heterocycles. The summed E-state index contributed by atoms with van der Waals surface area (Å²) >= 11 is 1.30. The Morgan fingerprint density at radius 3 is 2.62 bits per heavy atom. The minimum atomic E-state index is -0.895. The van der Waals surface area contributed by atoms with E-state index in [4.69, 9.17) is 4.74 Å². The number of esters is 1. The summed E-state index contributed by atoms with van der Waals surface area (Å²) in [5, 5.41) is 0.814. The van der Waals surface area contributed by atoms with E-state index in [2.05, 4.69) is 0 Å². The first-order valence-electron chi connectivity index (χ1n) is 6.16. The number of hydrogen-bond donors (Lipinski definition) is 0. The van der Waals surface area contributed by atoms with Crippen LogP contribution in [0.4, 0.5) is 8.78 Å². The van der Waals surface area contributed by atoms with Gasteiger partial charge in [-0.15, -0.1) is 11.3 Å². The lowest BCUT2D eigenvalue weighted by atomic mass is 10.0. The Kier molecular flexibility index (Phi) is 3.43. The monoisotopic (exact) mass is 304 g/mol. The number of fused-ring (bicyclic) bond motifs is 1. The number of thiophene rings is 1. The molecule has 0 N–H and O–H groups in total. The highest BCUT2D eigenvalue weighted by atomic mass is 32.1. The molecule has 0 fully saturated rings. The summed E-state index contributed by atoms with van der Waals surface area (Å²) in [6.07, 6.45) is 0. The molecule has 0 atom stereocenters. The molecule has 0 unspecified atom stereocenters. The molecule has 0 aliphatic carbocycles. The molecule has 0 bridgehead atoms. The van der Waals surface area contributed by atoms with Crippen molar-refractivity contribution in [3.05, 3.63) is 59.0 Å². The Morgan fingerprint density at radius 1 is 1.10 bits per heavy atom. The second-order valence-corrected chi connectivity index (χ2v) is 5.53. The van der Waals surface area contributed by atoms with Crippen LogP contribution in [-0.2, 0) is 4.74 Å². The molecule has 21 heavy (non-hydrogen) atoms. The van der Waals surface area contributed by atoms with Crippen molar-refractivity contribution >= 4 is 27.4 Å². The highest BCUT2D eigenvalue weighted by Crippen LogP contribution is 2.34. The maximum atomic E-state index is 13.4. The fourth-order valence-corrected chi connectivity index (χ4v) is 3.18. The summed E-state index contributed by atoms with van der Waals surface area (Å²) in [5.74, 6) is -2.19. The SMILES string of the molecule is COC(=O)c1cc2c(-c3ccc(F)c(F)c3)cccc2s1. The van der Waals surface area contributed by atoms with E-state index in [1.165, 1.54) is 24.5 Å². The van der Waals surface area contributed by atoms with E-state index < -0.39 is 17.6 Å². The third-order valence-electron chi connectivity index (χ3n) is 3.18. The fraction of sp³-hybridized carbons (Fsp3) is 0.0625. The summed E-state index contributed by atoms with van der Waals surface area (Å²) in [5.41, 5.74) is 1.31. The maximum absolute atomic E-state index is 13.4. The average Bonchev–Trinajstić information content (AvgIpc) is 2.93. The van der Waals surface area contributed by atoms with Crippen LogP contribution in [0, 0.1) is 11.6 Å². The predicted molar refractivity (Wildman–Crippen MR) is 78.5 cm³/mol. The molecule has 3 aromatic rings. The Hall–Kier alpha value is -2.27. The van der Waals surface area contributed by atoms with Crippen molar-refractivity contribution in [2.75, 3.05) is 7.11 Å². The molecule has 0 spiro atoms. The third-order valence-corrected chi connectivity index (χ3v) is 4.26. The van der Waals surface area contributed by atoms with Gasteiger partial charge in [0.05, 0.1) is 7.11 Å². The van der Waals surface area contributed by atoms with Crippen molar-refractivity contribution in [1.29, 1.82) is 0 Å². The van der Waals surface area contributed by atoms with E-state index in [1.54, 1.807) is 6.07 Å². The highest BCUT2D eigenvalue weighted by molar-refractivity contribution is 7.20. The minimum Gasteiger partial charge on any atom is -0.465 e. The zero-order valence-electron chi connectivity index (χ0n) is 11.0. The molecule has 0 radical (unpaired) electrons. The summed E-state index contributed by atoms with van der Waals surface area (Å²) in [6.45, 7) is 0. The summed E-state index contributed by atoms with van der Waals surface area (Å²) in [4.78, 5) is 12.1. The van der Waals surface area contributed by atoms with Crippen molar-refractivity contribution in [3.8, 4) is 11.1 Å². The maximum Gasteiger partial charge on any atom is 0.348 e. The molecule has 2 aromatic carbocycles. The summed E-state index contributed by atoms with van der Waals surface area (Å²) < 4.78 is 32.1. The van der Waals surface area contributed by atoms with Crippen LogP contribution in [0.3, 0.4) is 0 Å². The molecule has 0 aliphatic rings. The second kappa shape index (κ2) is 5.26. The molecule has 5 heteroatoms.